The van der Waals surface area contributed by atoms with Gasteiger partial charge >= 0.3 is 0 Å². The minimum absolute atomic E-state index is 0.246. The highest BCUT2D eigenvalue weighted by Gasteiger charge is 2.70. The highest BCUT2D eigenvalue weighted by molar-refractivity contribution is 6.35. The average Bonchev–Trinajstić information content (AvgIpc) is 3.35. The summed E-state index contributed by atoms with van der Waals surface area (Å²) in [4.78, 5) is 41.8. The van der Waals surface area contributed by atoms with Crippen molar-refractivity contribution in [1.29, 1.82) is 0 Å². The number of unbranched alkanes of at least 4 members (excludes halogenated alkanes) is 1. The van der Waals surface area contributed by atoms with Crippen molar-refractivity contribution in [2.75, 3.05) is 11.9 Å². The minimum Gasteiger partial charge on any atom is -0.504 e. The molecule has 3 aliphatic heterocycles. The van der Waals surface area contributed by atoms with E-state index in [9.17, 15) is 24.6 Å². The number of fused-ring (bicyclic) bond motifs is 4. The molecular weight excluding hydrogens is 446 g/mol. The van der Waals surface area contributed by atoms with Crippen molar-refractivity contribution in [3.8, 4) is 11.5 Å². The first-order valence-electron chi connectivity index (χ1n) is 11.0. The number of carbonyl (C=O) groups is 3. The summed E-state index contributed by atoms with van der Waals surface area (Å²) in [7, 11) is 0. The van der Waals surface area contributed by atoms with E-state index < -0.39 is 29.3 Å². The molecule has 0 bridgehead atoms. The molecule has 3 aliphatic rings. The van der Waals surface area contributed by atoms with Crippen LogP contribution in [0.1, 0.15) is 30.9 Å². The van der Waals surface area contributed by atoms with E-state index in [1.165, 1.54) is 17.0 Å². The summed E-state index contributed by atoms with van der Waals surface area (Å²) >= 11 is 6.34. The lowest BCUT2D eigenvalue weighted by Crippen LogP contribution is -2.53. The summed E-state index contributed by atoms with van der Waals surface area (Å²) < 4.78 is 0. The van der Waals surface area contributed by atoms with Gasteiger partial charge in [0.05, 0.1) is 22.5 Å². The lowest BCUT2D eigenvalue weighted by molar-refractivity contribution is -0.142. The summed E-state index contributed by atoms with van der Waals surface area (Å²) in [5, 5.41) is 26.1. The highest BCUT2D eigenvalue weighted by atomic mass is 35.5. The summed E-state index contributed by atoms with van der Waals surface area (Å²) in [6.45, 7) is 2.30. The van der Waals surface area contributed by atoms with Crippen molar-refractivity contribution >= 4 is 35.0 Å². The van der Waals surface area contributed by atoms with Gasteiger partial charge in [0.25, 0.3) is 0 Å². The molecule has 3 heterocycles. The first-order chi connectivity index (χ1) is 15.8. The van der Waals surface area contributed by atoms with Crippen LogP contribution >= 0.6 is 11.6 Å². The largest absolute Gasteiger partial charge is 0.504 e. The van der Waals surface area contributed by atoms with Gasteiger partial charge in [-0.25, -0.2) is 0 Å². The molecule has 8 nitrogen and oxygen atoms in total. The highest BCUT2D eigenvalue weighted by Crippen LogP contribution is 2.54. The predicted molar refractivity (Wildman–Crippen MR) is 121 cm³/mol. The Bertz CT molecular complexity index is 1180. The van der Waals surface area contributed by atoms with Gasteiger partial charge in [0, 0.05) is 18.2 Å². The van der Waals surface area contributed by atoms with E-state index in [1.54, 1.807) is 24.3 Å². The third-order valence-electron chi connectivity index (χ3n) is 7.02. The molecule has 2 aromatic carbocycles. The van der Waals surface area contributed by atoms with Crippen LogP contribution in [0, 0.1) is 11.8 Å². The third-order valence-corrected chi connectivity index (χ3v) is 7.34. The fourth-order valence-electron chi connectivity index (χ4n) is 5.51. The number of imide groups is 1. The van der Waals surface area contributed by atoms with Crippen molar-refractivity contribution in [2.24, 2.45) is 11.8 Å². The Morgan fingerprint density at radius 2 is 1.88 bits per heavy atom. The average molecular weight is 470 g/mol. The number of carbonyl (C=O) groups excluding carboxylic acids is 3. The van der Waals surface area contributed by atoms with Gasteiger partial charge in [0.2, 0.25) is 17.7 Å². The fourth-order valence-corrected chi connectivity index (χ4v) is 5.74. The molecule has 2 saturated heterocycles. The molecule has 0 unspecified atom stereocenters. The predicted octanol–water partition coefficient (Wildman–Crippen LogP) is 2.51. The molecule has 5 rings (SSSR count). The number of anilines is 1. The lowest BCUT2D eigenvalue weighted by atomic mass is 9.76. The van der Waals surface area contributed by atoms with Gasteiger partial charge in [-0.15, -0.1) is 0 Å². The smallest absolute Gasteiger partial charge is 0.250 e. The Hall–Kier alpha value is -3.10. The van der Waals surface area contributed by atoms with E-state index in [0.29, 0.717) is 34.8 Å². The van der Waals surface area contributed by atoms with Crippen LogP contribution in [0.25, 0.3) is 0 Å². The first kappa shape index (κ1) is 21.7. The number of halogens is 1. The number of hydrogen-bond acceptors (Lipinski definition) is 6. The molecule has 172 valence electrons. The van der Waals surface area contributed by atoms with Crippen LogP contribution in [0.3, 0.4) is 0 Å². The molecule has 0 radical (unpaired) electrons. The summed E-state index contributed by atoms with van der Waals surface area (Å²) in [5.74, 6) is -3.23. The molecule has 0 aliphatic carbocycles. The number of hydrogen-bond donors (Lipinski definition) is 4. The van der Waals surface area contributed by atoms with Crippen LogP contribution in [-0.2, 0) is 26.3 Å². The van der Waals surface area contributed by atoms with E-state index >= 15 is 0 Å². The molecule has 3 amide bonds. The number of aromatic hydroxyl groups is 2. The SMILES string of the molecule is CCCCN1C(=O)[C@@H]2[C@H](Cc3ccc(O)c(O)c3)N[C@]3(C(=O)Nc4c(Cl)cccc43)[C@@H]2C1=O. The Kier molecular flexibility index (Phi) is 5.10. The van der Waals surface area contributed by atoms with Crippen molar-refractivity contribution in [1.82, 2.24) is 10.2 Å². The molecule has 0 aromatic heterocycles. The second-order valence-electron chi connectivity index (χ2n) is 8.89. The van der Waals surface area contributed by atoms with Crippen molar-refractivity contribution in [3.63, 3.8) is 0 Å². The van der Waals surface area contributed by atoms with Crippen LogP contribution in [-0.4, -0.2) is 45.4 Å². The second-order valence-corrected chi connectivity index (χ2v) is 9.29. The summed E-state index contributed by atoms with van der Waals surface area (Å²) in [5.41, 5.74) is 0.258. The Morgan fingerprint density at radius 3 is 2.61 bits per heavy atom. The van der Waals surface area contributed by atoms with Gasteiger partial charge in [-0.05, 0) is 36.6 Å². The zero-order valence-corrected chi connectivity index (χ0v) is 18.7. The minimum atomic E-state index is -1.41. The van der Waals surface area contributed by atoms with Crippen LogP contribution < -0.4 is 10.6 Å². The molecule has 33 heavy (non-hydrogen) atoms. The second kappa shape index (κ2) is 7.74. The zero-order chi connectivity index (χ0) is 23.5. The molecule has 1 spiro atoms. The maximum Gasteiger partial charge on any atom is 0.250 e. The molecule has 2 fully saturated rings. The number of nitrogens with one attached hydrogen (secondary N) is 2. The van der Waals surface area contributed by atoms with E-state index in [0.717, 1.165) is 6.42 Å². The molecular formula is C24H24ClN3O5. The fraction of sp³-hybridized carbons (Fsp3) is 0.375. The number of para-hydroxylation sites is 1. The van der Waals surface area contributed by atoms with E-state index in [1.807, 2.05) is 6.92 Å². The third kappa shape index (κ3) is 3.04. The normalized spacial score (nSPS) is 27.9. The van der Waals surface area contributed by atoms with E-state index in [4.69, 9.17) is 11.6 Å². The van der Waals surface area contributed by atoms with Gasteiger partial charge in [0.15, 0.2) is 11.5 Å². The Balaban J connectivity index is 1.61. The quantitative estimate of drug-likeness (QED) is 0.394. The van der Waals surface area contributed by atoms with Crippen LogP contribution in [0.2, 0.25) is 5.02 Å². The van der Waals surface area contributed by atoms with Crippen LogP contribution in [0.4, 0.5) is 5.69 Å². The van der Waals surface area contributed by atoms with Crippen molar-refractivity contribution in [3.05, 3.63) is 52.5 Å². The zero-order valence-electron chi connectivity index (χ0n) is 18.0. The molecule has 4 atom stereocenters. The maximum absolute atomic E-state index is 13.6. The number of nitrogens with zero attached hydrogens (tertiary/aromatic N) is 1. The Morgan fingerprint density at radius 1 is 1.09 bits per heavy atom. The lowest BCUT2D eigenvalue weighted by Gasteiger charge is -2.29. The van der Waals surface area contributed by atoms with Gasteiger partial charge in [0.1, 0.15) is 5.54 Å². The maximum atomic E-state index is 13.6. The molecule has 4 N–H and O–H groups in total. The van der Waals surface area contributed by atoms with Gasteiger partial charge in [-0.1, -0.05) is 43.1 Å². The standard InChI is InChI=1S/C24H24ClN3O5/c1-2-3-9-28-21(31)18-15(10-12-7-8-16(29)17(30)11-12)27-24(19(18)22(28)32)13-5-4-6-14(25)20(13)26-23(24)33/h4-8,11,15,18-19,27,29-30H,2-3,9-10H2,1H3,(H,26,33)/t15-,18+,19-,24-/m0/s1. The number of phenolic OH excluding ortho intramolecular Hbond substituents is 2. The van der Waals surface area contributed by atoms with Gasteiger partial charge in [-0.3, -0.25) is 24.6 Å². The van der Waals surface area contributed by atoms with Gasteiger partial charge in [-0.2, -0.15) is 0 Å². The van der Waals surface area contributed by atoms with E-state index in [-0.39, 0.29) is 29.7 Å². The number of benzene rings is 2. The first-order valence-corrected chi connectivity index (χ1v) is 11.4. The summed E-state index contributed by atoms with van der Waals surface area (Å²) in [6, 6.07) is 9.04. The molecule has 0 saturated carbocycles. The number of amides is 3. The Labute approximate surface area is 195 Å². The van der Waals surface area contributed by atoms with Gasteiger partial charge < -0.3 is 15.5 Å². The monoisotopic (exact) mass is 469 g/mol. The number of likely N-dealkylation sites (tertiary alicyclic amines) is 1. The van der Waals surface area contributed by atoms with Crippen LogP contribution in [0.5, 0.6) is 11.5 Å². The van der Waals surface area contributed by atoms with Crippen molar-refractivity contribution < 1.29 is 24.6 Å². The summed E-state index contributed by atoms with van der Waals surface area (Å²) in [6.07, 6.45) is 1.79. The van der Waals surface area contributed by atoms with E-state index in [2.05, 4.69) is 10.6 Å². The molecule has 9 heteroatoms. The molecule has 2 aromatic rings. The number of phenols is 2. The van der Waals surface area contributed by atoms with Crippen LogP contribution in [0.15, 0.2) is 36.4 Å². The topological polar surface area (TPSA) is 119 Å². The number of rotatable bonds is 5. The van der Waals surface area contributed by atoms with Crippen molar-refractivity contribution in [2.45, 2.75) is 37.8 Å².